The number of aromatic nitrogens is 2. The molecule has 0 aliphatic carbocycles. The molecule has 7 nitrogen and oxygen atoms in total. The highest BCUT2D eigenvalue weighted by Crippen LogP contribution is 2.32. The van der Waals surface area contributed by atoms with Crippen LogP contribution in [0.3, 0.4) is 0 Å². The van der Waals surface area contributed by atoms with Gasteiger partial charge in [-0.15, -0.1) is 0 Å². The van der Waals surface area contributed by atoms with Gasteiger partial charge < -0.3 is 14.6 Å². The smallest absolute Gasteiger partial charge is 0.416 e. The Hall–Kier alpha value is -3.40. The molecule has 1 fully saturated rings. The van der Waals surface area contributed by atoms with Crippen LogP contribution in [0.4, 0.5) is 13.2 Å². The standard InChI is InChI=1S/C25H27F3N4O3/c1-16(17-7-9-18(10-8-17)22-29-15-30-35-22)31-23(33)24(2,3)32-12-11-21(14-32)34-20-6-4-5-19(13-20)25(26,27)28/h4-10,13,15-16,21H,11-12,14H2,1-3H3,(H,31,33)/t16-,21?/m0/s1. The second-order valence-electron chi connectivity index (χ2n) is 9.12. The minimum absolute atomic E-state index is 0.148. The molecule has 3 aromatic rings. The lowest BCUT2D eigenvalue weighted by atomic mass is 10.00. The van der Waals surface area contributed by atoms with Crippen molar-refractivity contribution >= 4 is 5.91 Å². The summed E-state index contributed by atoms with van der Waals surface area (Å²) in [5.41, 5.74) is 0.131. The molecule has 1 aliphatic rings. The summed E-state index contributed by atoms with van der Waals surface area (Å²) >= 11 is 0. The van der Waals surface area contributed by atoms with Gasteiger partial charge in [-0.1, -0.05) is 23.4 Å². The molecule has 35 heavy (non-hydrogen) atoms. The van der Waals surface area contributed by atoms with Crippen LogP contribution < -0.4 is 10.1 Å². The van der Waals surface area contributed by atoms with Crippen molar-refractivity contribution in [3.63, 3.8) is 0 Å². The average Bonchev–Trinajstić information content (AvgIpc) is 3.52. The van der Waals surface area contributed by atoms with Crippen molar-refractivity contribution in [1.82, 2.24) is 20.4 Å². The summed E-state index contributed by atoms with van der Waals surface area (Å²) in [6.45, 7) is 6.60. The fourth-order valence-electron chi connectivity index (χ4n) is 4.09. The summed E-state index contributed by atoms with van der Waals surface area (Å²) in [5, 5.41) is 6.66. The summed E-state index contributed by atoms with van der Waals surface area (Å²) in [5.74, 6) is 0.447. The number of likely N-dealkylation sites (tertiary alicyclic amines) is 1. The van der Waals surface area contributed by atoms with Gasteiger partial charge in [0.1, 0.15) is 11.9 Å². The third kappa shape index (κ3) is 5.64. The lowest BCUT2D eigenvalue weighted by Crippen LogP contribution is -2.54. The zero-order valence-corrected chi connectivity index (χ0v) is 19.7. The maximum atomic E-state index is 13.2. The Morgan fingerprint density at radius 2 is 1.94 bits per heavy atom. The van der Waals surface area contributed by atoms with Gasteiger partial charge in [0, 0.05) is 18.7 Å². The van der Waals surface area contributed by atoms with Crippen LogP contribution in [0, 0.1) is 0 Å². The normalized spacial score (nSPS) is 17.8. The number of hydrogen-bond donors (Lipinski definition) is 1. The molecule has 1 saturated heterocycles. The molecule has 1 aromatic heterocycles. The number of carbonyl (C=O) groups is 1. The van der Waals surface area contributed by atoms with E-state index in [1.54, 1.807) is 0 Å². The first-order valence-corrected chi connectivity index (χ1v) is 11.3. The highest BCUT2D eigenvalue weighted by atomic mass is 19.4. The van der Waals surface area contributed by atoms with Crippen LogP contribution in [-0.4, -0.2) is 45.7 Å². The second-order valence-corrected chi connectivity index (χ2v) is 9.12. The van der Waals surface area contributed by atoms with E-state index < -0.39 is 17.3 Å². The fraction of sp³-hybridized carbons (Fsp3) is 0.400. The maximum Gasteiger partial charge on any atom is 0.416 e. The minimum Gasteiger partial charge on any atom is -0.489 e. The molecule has 0 spiro atoms. The molecular formula is C25H27F3N4O3. The zero-order valence-electron chi connectivity index (χ0n) is 19.7. The van der Waals surface area contributed by atoms with E-state index in [1.807, 2.05) is 49.9 Å². The molecule has 0 bridgehead atoms. The highest BCUT2D eigenvalue weighted by molar-refractivity contribution is 5.85. The number of nitrogens with one attached hydrogen (secondary N) is 1. The van der Waals surface area contributed by atoms with Crippen LogP contribution in [-0.2, 0) is 11.0 Å². The molecule has 2 aromatic carbocycles. The number of halogens is 3. The van der Waals surface area contributed by atoms with Crippen molar-refractivity contribution in [2.75, 3.05) is 13.1 Å². The Labute approximate surface area is 201 Å². The highest BCUT2D eigenvalue weighted by Gasteiger charge is 2.40. The van der Waals surface area contributed by atoms with Crippen LogP contribution in [0.2, 0.25) is 0 Å². The predicted octanol–water partition coefficient (Wildman–Crippen LogP) is 4.86. The number of amides is 1. The summed E-state index contributed by atoms with van der Waals surface area (Å²) < 4.78 is 49.8. The Morgan fingerprint density at radius 3 is 2.60 bits per heavy atom. The summed E-state index contributed by atoms with van der Waals surface area (Å²) in [6, 6.07) is 12.1. The lowest BCUT2D eigenvalue weighted by Gasteiger charge is -2.35. The van der Waals surface area contributed by atoms with Crippen molar-refractivity contribution in [3.05, 3.63) is 66.0 Å². The number of benzene rings is 2. The molecule has 2 atom stereocenters. The Balaban J connectivity index is 1.35. The van der Waals surface area contributed by atoms with Crippen molar-refractivity contribution in [3.8, 4) is 17.2 Å². The van der Waals surface area contributed by atoms with Crippen molar-refractivity contribution < 1.29 is 27.2 Å². The van der Waals surface area contributed by atoms with E-state index in [9.17, 15) is 18.0 Å². The summed E-state index contributed by atoms with van der Waals surface area (Å²) in [7, 11) is 0. The SMILES string of the molecule is C[C@H](NC(=O)C(C)(C)N1CCC(Oc2cccc(C(F)(F)F)c2)C1)c1ccc(-c2ncno2)cc1. The summed E-state index contributed by atoms with van der Waals surface area (Å²) in [6.07, 6.45) is -2.79. The molecule has 1 amide bonds. The first-order chi connectivity index (χ1) is 16.5. The number of carbonyl (C=O) groups excluding carboxylic acids is 1. The molecule has 10 heteroatoms. The van der Waals surface area contributed by atoms with Crippen LogP contribution in [0.25, 0.3) is 11.5 Å². The van der Waals surface area contributed by atoms with E-state index in [0.29, 0.717) is 25.4 Å². The number of hydrogen-bond acceptors (Lipinski definition) is 6. The van der Waals surface area contributed by atoms with E-state index in [0.717, 1.165) is 23.3 Å². The van der Waals surface area contributed by atoms with Crippen LogP contribution in [0.1, 0.15) is 44.4 Å². The predicted molar refractivity (Wildman–Crippen MR) is 122 cm³/mol. The van der Waals surface area contributed by atoms with Crippen LogP contribution in [0.15, 0.2) is 59.4 Å². The Kier molecular flexibility index (Phi) is 6.84. The fourth-order valence-corrected chi connectivity index (χ4v) is 4.09. The molecule has 1 aliphatic heterocycles. The first kappa shape index (κ1) is 24.7. The van der Waals surface area contributed by atoms with Gasteiger partial charge in [-0.05, 0) is 63.1 Å². The number of ether oxygens (including phenoxy) is 1. The van der Waals surface area contributed by atoms with Crippen molar-refractivity contribution in [1.29, 1.82) is 0 Å². The number of rotatable bonds is 7. The van der Waals surface area contributed by atoms with E-state index in [4.69, 9.17) is 9.26 Å². The van der Waals surface area contributed by atoms with Crippen LogP contribution in [0.5, 0.6) is 5.75 Å². The van der Waals surface area contributed by atoms with Gasteiger partial charge >= 0.3 is 6.18 Å². The average molecular weight is 489 g/mol. The Bertz CT molecular complexity index is 1150. The van der Waals surface area contributed by atoms with Crippen molar-refractivity contribution in [2.45, 2.75) is 51.1 Å². The number of nitrogens with zero attached hydrogens (tertiary/aromatic N) is 3. The lowest BCUT2D eigenvalue weighted by molar-refractivity contribution is -0.137. The van der Waals surface area contributed by atoms with Gasteiger partial charge in [-0.25, -0.2) is 0 Å². The monoisotopic (exact) mass is 488 g/mol. The van der Waals surface area contributed by atoms with Gasteiger partial charge in [0.15, 0.2) is 6.33 Å². The van der Waals surface area contributed by atoms with E-state index in [1.165, 1.54) is 18.5 Å². The Morgan fingerprint density at radius 1 is 1.20 bits per heavy atom. The maximum absolute atomic E-state index is 13.2. The largest absolute Gasteiger partial charge is 0.489 e. The molecule has 186 valence electrons. The number of alkyl halides is 3. The molecule has 0 saturated carbocycles. The van der Waals surface area contributed by atoms with Gasteiger partial charge in [0.2, 0.25) is 5.91 Å². The van der Waals surface area contributed by atoms with Crippen LogP contribution >= 0.6 is 0 Å². The van der Waals surface area contributed by atoms with E-state index in [-0.39, 0.29) is 23.8 Å². The summed E-state index contributed by atoms with van der Waals surface area (Å²) in [4.78, 5) is 19.2. The van der Waals surface area contributed by atoms with E-state index in [2.05, 4.69) is 15.5 Å². The van der Waals surface area contributed by atoms with Gasteiger partial charge in [-0.2, -0.15) is 18.2 Å². The minimum atomic E-state index is -4.43. The topological polar surface area (TPSA) is 80.5 Å². The molecule has 2 heterocycles. The van der Waals surface area contributed by atoms with Gasteiger partial charge in [-0.3, -0.25) is 9.69 Å². The zero-order chi connectivity index (χ0) is 25.2. The molecule has 1 unspecified atom stereocenters. The van der Waals surface area contributed by atoms with Gasteiger partial charge in [0.05, 0.1) is 17.1 Å². The molecular weight excluding hydrogens is 461 g/mol. The molecule has 4 rings (SSSR count). The first-order valence-electron chi connectivity index (χ1n) is 11.3. The van der Waals surface area contributed by atoms with E-state index >= 15 is 0 Å². The second kappa shape index (κ2) is 9.69. The van der Waals surface area contributed by atoms with Crippen molar-refractivity contribution in [2.24, 2.45) is 0 Å². The third-order valence-electron chi connectivity index (χ3n) is 6.32. The van der Waals surface area contributed by atoms with Gasteiger partial charge in [0.25, 0.3) is 5.89 Å². The quantitative estimate of drug-likeness (QED) is 0.512. The molecule has 0 radical (unpaired) electrons. The third-order valence-corrected chi connectivity index (χ3v) is 6.32. The molecule has 1 N–H and O–H groups in total.